The zero-order valence-corrected chi connectivity index (χ0v) is 22.7. The Kier molecular flexibility index (Phi) is 8.27. The van der Waals surface area contributed by atoms with E-state index in [4.69, 9.17) is 0 Å². The number of anilines is 3. The van der Waals surface area contributed by atoms with Gasteiger partial charge in [-0.25, -0.2) is 9.97 Å². The number of carbonyl (C=O) groups excluding carboxylic acids is 1. The molecule has 4 aromatic rings. The van der Waals surface area contributed by atoms with E-state index in [-0.39, 0.29) is 17.7 Å². The first-order valence-electron chi connectivity index (χ1n) is 13.2. The van der Waals surface area contributed by atoms with Crippen molar-refractivity contribution >= 4 is 23.1 Å². The zero-order valence-electron chi connectivity index (χ0n) is 22.7. The number of alkyl halides is 3. The summed E-state index contributed by atoms with van der Waals surface area (Å²) in [6, 6.07) is 14.5. The van der Waals surface area contributed by atoms with E-state index in [0.29, 0.717) is 36.0 Å². The molecular weight excluding hydrogens is 531 g/mol. The van der Waals surface area contributed by atoms with Crippen LogP contribution in [0.3, 0.4) is 0 Å². The number of aromatic nitrogens is 3. The predicted molar refractivity (Wildman–Crippen MR) is 152 cm³/mol. The van der Waals surface area contributed by atoms with E-state index in [1.165, 1.54) is 18.5 Å². The average Bonchev–Trinajstić information content (AvgIpc) is 2.96. The number of piperazine rings is 1. The lowest BCUT2D eigenvalue weighted by Crippen LogP contribution is -2.44. The summed E-state index contributed by atoms with van der Waals surface area (Å²) in [5.74, 6) is -0.0893. The van der Waals surface area contributed by atoms with E-state index >= 15 is 0 Å². The lowest BCUT2D eigenvalue weighted by atomic mass is 10.0. The number of carbonyl (C=O) groups is 1. The Bertz CT molecular complexity index is 1520. The standard InChI is InChI=1S/C30H30F3N7O/c1-20-5-8-24(15-26(20)38-28-16-27(35-19-36-28)22-4-3-9-34-17-22)37-29(41)21-6-7-23(25(14-21)30(31,32)33)18-40-12-10-39(2)11-13-40/h3-9,14-17,19H,10-13,18H2,1-2H3,(H,37,41)(H,35,36,38). The number of likely N-dealkylation sites (N-methyl/N-ethyl adjacent to an activating group) is 1. The van der Waals surface area contributed by atoms with Crippen molar-refractivity contribution in [1.29, 1.82) is 0 Å². The Morgan fingerprint density at radius 2 is 1.80 bits per heavy atom. The number of aryl methyl sites for hydroxylation is 1. The lowest BCUT2D eigenvalue weighted by Gasteiger charge is -2.33. The summed E-state index contributed by atoms with van der Waals surface area (Å²) in [7, 11) is 1.99. The number of nitrogens with zero attached hydrogens (tertiary/aromatic N) is 5. The molecule has 41 heavy (non-hydrogen) atoms. The first-order chi connectivity index (χ1) is 19.7. The molecule has 212 valence electrons. The van der Waals surface area contributed by atoms with E-state index in [9.17, 15) is 18.0 Å². The number of halogens is 3. The number of benzene rings is 2. The van der Waals surface area contributed by atoms with Gasteiger partial charge in [0.05, 0.1) is 11.3 Å². The Hall–Kier alpha value is -4.35. The van der Waals surface area contributed by atoms with Crippen molar-refractivity contribution in [3.05, 3.63) is 95.6 Å². The fraction of sp³-hybridized carbons (Fsp3) is 0.267. The quantitative estimate of drug-likeness (QED) is 0.303. The molecule has 1 aliphatic rings. The summed E-state index contributed by atoms with van der Waals surface area (Å²) in [6.07, 6.45) is 0.249. The Morgan fingerprint density at radius 3 is 2.54 bits per heavy atom. The molecule has 3 heterocycles. The third kappa shape index (κ3) is 7.05. The maximum Gasteiger partial charge on any atom is 0.416 e. The average molecular weight is 562 g/mol. The van der Waals surface area contributed by atoms with Gasteiger partial charge in [-0.15, -0.1) is 0 Å². The molecule has 2 N–H and O–H groups in total. The minimum Gasteiger partial charge on any atom is -0.340 e. The van der Waals surface area contributed by atoms with Crippen molar-refractivity contribution in [3.8, 4) is 11.3 Å². The van der Waals surface area contributed by atoms with Crippen LogP contribution in [0.1, 0.15) is 27.0 Å². The van der Waals surface area contributed by atoms with Gasteiger partial charge < -0.3 is 15.5 Å². The van der Waals surface area contributed by atoms with Crippen molar-refractivity contribution in [2.45, 2.75) is 19.6 Å². The fourth-order valence-electron chi connectivity index (χ4n) is 4.64. The van der Waals surface area contributed by atoms with Gasteiger partial charge in [0.1, 0.15) is 12.1 Å². The van der Waals surface area contributed by atoms with Crippen molar-refractivity contribution in [1.82, 2.24) is 24.8 Å². The van der Waals surface area contributed by atoms with Gasteiger partial charge >= 0.3 is 6.18 Å². The van der Waals surface area contributed by atoms with Crippen LogP contribution in [-0.4, -0.2) is 63.9 Å². The van der Waals surface area contributed by atoms with Crippen LogP contribution in [0, 0.1) is 6.92 Å². The van der Waals surface area contributed by atoms with Crippen LogP contribution >= 0.6 is 0 Å². The van der Waals surface area contributed by atoms with Crippen molar-refractivity contribution in [2.24, 2.45) is 0 Å². The molecule has 5 rings (SSSR count). The number of hydrogen-bond acceptors (Lipinski definition) is 7. The van der Waals surface area contributed by atoms with E-state index < -0.39 is 17.6 Å². The molecule has 0 saturated carbocycles. The monoisotopic (exact) mass is 561 g/mol. The van der Waals surface area contributed by atoms with Gasteiger partial charge in [-0.1, -0.05) is 12.1 Å². The summed E-state index contributed by atoms with van der Waals surface area (Å²) >= 11 is 0. The lowest BCUT2D eigenvalue weighted by molar-refractivity contribution is -0.138. The maximum atomic E-state index is 14.0. The Labute approximate surface area is 236 Å². The Balaban J connectivity index is 1.32. The summed E-state index contributed by atoms with van der Waals surface area (Å²) in [5.41, 5.74) is 2.83. The van der Waals surface area contributed by atoms with Crippen LogP contribution in [0.25, 0.3) is 11.3 Å². The second-order valence-electron chi connectivity index (χ2n) is 10.1. The van der Waals surface area contributed by atoms with E-state index in [0.717, 1.165) is 30.3 Å². The van der Waals surface area contributed by atoms with E-state index in [1.807, 2.05) is 31.0 Å². The van der Waals surface area contributed by atoms with Crippen LogP contribution < -0.4 is 10.6 Å². The molecule has 0 aliphatic carbocycles. The van der Waals surface area contributed by atoms with Gasteiger partial charge in [-0.05, 0) is 61.5 Å². The van der Waals surface area contributed by atoms with Crippen LogP contribution in [-0.2, 0) is 12.7 Å². The molecule has 1 fully saturated rings. The summed E-state index contributed by atoms with van der Waals surface area (Å²) in [6.45, 7) is 5.07. The van der Waals surface area contributed by atoms with E-state index in [1.54, 1.807) is 36.7 Å². The topological polar surface area (TPSA) is 86.3 Å². The predicted octanol–water partition coefficient (Wildman–Crippen LogP) is 5.61. The minimum absolute atomic E-state index is 0.0635. The van der Waals surface area contributed by atoms with Gasteiger partial charge in [0.25, 0.3) is 5.91 Å². The molecule has 11 heteroatoms. The molecule has 0 bridgehead atoms. The number of nitrogens with one attached hydrogen (secondary N) is 2. The molecule has 1 amide bonds. The van der Waals surface area contributed by atoms with Crippen molar-refractivity contribution < 1.29 is 18.0 Å². The molecule has 1 aliphatic heterocycles. The number of amides is 1. The second kappa shape index (κ2) is 12.0. The number of hydrogen-bond donors (Lipinski definition) is 2. The normalized spacial score (nSPS) is 14.6. The third-order valence-electron chi connectivity index (χ3n) is 7.05. The molecule has 8 nitrogen and oxygen atoms in total. The van der Waals surface area contributed by atoms with Crippen LogP contribution in [0.2, 0.25) is 0 Å². The maximum absolute atomic E-state index is 14.0. The molecular formula is C30H30F3N7O. The van der Waals surface area contributed by atoms with Crippen molar-refractivity contribution in [3.63, 3.8) is 0 Å². The highest BCUT2D eigenvalue weighted by Crippen LogP contribution is 2.34. The highest BCUT2D eigenvalue weighted by molar-refractivity contribution is 6.04. The van der Waals surface area contributed by atoms with Gasteiger partial charge in [0, 0.05) is 73.7 Å². The second-order valence-corrected chi connectivity index (χ2v) is 10.1. The molecule has 2 aromatic carbocycles. The Morgan fingerprint density at radius 1 is 1.00 bits per heavy atom. The van der Waals surface area contributed by atoms with E-state index in [2.05, 4.69) is 30.5 Å². The highest BCUT2D eigenvalue weighted by atomic mass is 19.4. The zero-order chi connectivity index (χ0) is 29.0. The largest absolute Gasteiger partial charge is 0.416 e. The number of pyridine rings is 1. The van der Waals surface area contributed by atoms with Crippen LogP contribution in [0.4, 0.5) is 30.4 Å². The van der Waals surface area contributed by atoms with Gasteiger partial charge in [-0.3, -0.25) is 14.7 Å². The molecule has 0 spiro atoms. The molecule has 2 aromatic heterocycles. The van der Waals surface area contributed by atoms with Crippen LogP contribution in [0.5, 0.6) is 0 Å². The first kappa shape index (κ1) is 28.2. The molecule has 0 atom stereocenters. The third-order valence-corrected chi connectivity index (χ3v) is 7.05. The molecule has 0 radical (unpaired) electrons. The van der Waals surface area contributed by atoms with Gasteiger partial charge in [0.15, 0.2) is 0 Å². The van der Waals surface area contributed by atoms with Gasteiger partial charge in [-0.2, -0.15) is 13.2 Å². The fourth-order valence-corrected chi connectivity index (χ4v) is 4.64. The number of rotatable bonds is 7. The molecule has 0 unspecified atom stereocenters. The minimum atomic E-state index is -4.58. The summed E-state index contributed by atoms with van der Waals surface area (Å²) in [4.78, 5) is 29.9. The summed E-state index contributed by atoms with van der Waals surface area (Å²) < 4.78 is 42.0. The molecule has 1 saturated heterocycles. The summed E-state index contributed by atoms with van der Waals surface area (Å²) in [5, 5.41) is 5.96. The first-order valence-corrected chi connectivity index (χ1v) is 13.2. The van der Waals surface area contributed by atoms with Gasteiger partial charge in [0.2, 0.25) is 0 Å². The smallest absolute Gasteiger partial charge is 0.340 e. The van der Waals surface area contributed by atoms with Crippen LogP contribution in [0.15, 0.2) is 73.3 Å². The highest BCUT2D eigenvalue weighted by Gasteiger charge is 2.34. The SMILES string of the molecule is Cc1ccc(NC(=O)c2ccc(CN3CCN(C)CC3)c(C(F)(F)F)c2)cc1Nc1cc(-c2cccnc2)ncn1. The van der Waals surface area contributed by atoms with Crippen molar-refractivity contribution in [2.75, 3.05) is 43.9 Å².